The number of rotatable bonds is 4. The number of carbonyl (C=O) groups is 1. The molecule has 0 spiro atoms. The van der Waals surface area contributed by atoms with Gasteiger partial charge in [0.2, 0.25) is 0 Å². The topological polar surface area (TPSA) is 58.6 Å². The number of likely N-dealkylation sites (N-methyl/N-ethyl adjacent to an activating group) is 1. The fourth-order valence-electron chi connectivity index (χ4n) is 0.975. The number of nitrogens with one attached hydrogen (secondary N) is 1. The molecular weight excluding hydrogens is 262 g/mol. The number of hydrogen-bond donors (Lipinski definition) is 2. The van der Waals surface area contributed by atoms with Crippen LogP contribution in [0.2, 0.25) is 0 Å². The van der Waals surface area contributed by atoms with Gasteiger partial charge in [-0.05, 0) is 33.6 Å². The van der Waals surface area contributed by atoms with E-state index in [-0.39, 0.29) is 19.1 Å². The highest BCUT2D eigenvalue weighted by molar-refractivity contribution is 9.10. The van der Waals surface area contributed by atoms with E-state index in [0.29, 0.717) is 5.75 Å². The van der Waals surface area contributed by atoms with Gasteiger partial charge in [0.1, 0.15) is 5.75 Å². The summed E-state index contributed by atoms with van der Waals surface area (Å²) in [6.07, 6.45) is 0. The summed E-state index contributed by atoms with van der Waals surface area (Å²) in [5.41, 5.74) is 0.786. The molecule has 4 nitrogen and oxygen atoms in total. The van der Waals surface area contributed by atoms with Crippen LogP contribution in [-0.4, -0.2) is 24.7 Å². The van der Waals surface area contributed by atoms with Gasteiger partial charge in [-0.3, -0.25) is 4.79 Å². The molecule has 0 aliphatic heterocycles. The Kier molecular flexibility index (Phi) is 4.58. The van der Waals surface area contributed by atoms with Gasteiger partial charge >= 0.3 is 0 Å². The van der Waals surface area contributed by atoms with Gasteiger partial charge in [-0.2, -0.15) is 0 Å². The summed E-state index contributed by atoms with van der Waals surface area (Å²) in [5.74, 6) is 0.393. The second-order valence-electron chi connectivity index (χ2n) is 2.88. The molecular formula is C10H12BrNO3. The zero-order valence-corrected chi connectivity index (χ0v) is 9.87. The molecule has 0 saturated heterocycles. The first-order chi connectivity index (χ1) is 7.17. The van der Waals surface area contributed by atoms with Crippen LogP contribution in [0.15, 0.2) is 22.7 Å². The Balaban J connectivity index is 2.66. The Morgan fingerprint density at radius 1 is 1.60 bits per heavy atom. The maximum absolute atomic E-state index is 10.9. The Labute approximate surface area is 96.4 Å². The Hall–Kier alpha value is -1.07. The van der Waals surface area contributed by atoms with E-state index in [1.54, 1.807) is 25.2 Å². The molecule has 82 valence electrons. The molecule has 0 aliphatic rings. The minimum absolute atomic E-state index is 0.0195. The second kappa shape index (κ2) is 5.72. The van der Waals surface area contributed by atoms with Gasteiger partial charge in [-0.1, -0.05) is 6.07 Å². The Morgan fingerprint density at radius 2 is 2.33 bits per heavy atom. The summed E-state index contributed by atoms with van der Waals surface area (Å²) in [4.78, 5) is 10.9. The zero-order valence-electron chi connectivity index (χ0n) is 8.29. The molecule has 0 heterocycles. The van der Waals surface area contributed by atoms with Crippen LogP contribution in [0, 0.1) is 0 Å². The van der Waals surface area contributed by atoms with Crippen LogP contribution in [0.1, 0.15) is 5.56 Å². The van der Waals surface area contributed by atoms with Crippen LogP contribution in [-0.2, 0) is 11.4 Å². The molecule has 0 bridgehead atoms. The lowest BCUT2D eigenvalue weighted by atomic mass is 10.2. The summed E-state index contributed by atoms with van der Waals surface area (Å²) in [6.45, 7) is -0.0398. The van der Waals surface area contributed by atoms with E-state index in [4.69, 9.17) is 9.84 Å². The van der Waals surface area contributed by atoms with Crippen molar-refractivity contribution in [1.29, 1.82) is 0 Å². The van der Waals surface area contributed by atoms with Crippen molar-refractivity contribution >= 4 is 21.8 Å². The number of amides is 1. The summed E-state index contributed by atoms with van der Waals surface area (Å²) >= 11 is 3.29. The van der Waals surface area contributed by atoms with Crippen LogP contribution in [0.25, 0.3) is 0 Å². The molecule has 0 unspecified atom stereocenters. The average molecular weight is 274 g/mol. The van der Waals surface area contributed by atoms with Crippen molar-refractivity contribution < 1.29 is 14.6 Å². The highest BCUT2D eigenvalue weighted by atomic mass is 79.9. The molecule has 0 aliphatic carbocycles. The standard InChI is InChI=1S/C10H12BrNO3/c1-12-10(14)6-15-9-3-2-7(5-13)4-8(9)11/h2-4,13H,5-6H2,1H3,(H,12,14). The fraction of sp³-hybridized carbons (Fsp3) is 0.300. The molecule has 0 radical (unpaired) electrons. The summed E-state index contributed by atoms with van der Waals surface area (Å²) in [6, 6.07) is 5.20. The molecule has 2 N–H and O–H groups in total. The largest absolute Gasteiger partial charge is 0.483 e. The van der Waals surface area contributed by atoms with Crippen molar-refractivity contribution in [3.05, 3.63) is 28.2 Å². The molecule has 15 heavy (non-hydrogen) atoms. The first kappa shape index (κ1) is 12.0. The van der Waals surface area contributed by atoms with Gasteiger partial charge < -0.3 is 15.2 Å². The highest BCUT2D eigenvalue weighted by Gasteiger charge is 2.04. The summed E-state index contributed by atoms with van der Waals surface area (Å²) < 4.78 is 5.97. The van der Waals surface area contributed by atoms with E-state index < -0.39 is 0 Å². The predicted octanol–water partition coefficient (Wildman–Crippen LogP) is 1.07. The first-order valence-electron chi connectivity index (χ1n) is 4.40. The van der Waals surface area contributed by atoms with Crippen molar-refractivity contribution in [1.82, 2.24) is 5.32 Å². The number of aliphatic hydroxyl groups excluding tert-OH is 1. The molecule has 5 heteroatoms. The first-order valence-corrected chi connectivity index (χ1v) is 5.19. The zero-order chi connectivity index (χ0) is 11.3. The Morgan fingerprint density at radius 3 is 2.87 bits per heavy atom. The summed E-state index contributed by atoms with van der Waals surface area (Å²) in [5, 5.41) is 11.3. The van der Waals surface area contributed by atoms with Gasteiger partial charge in [-0.15, -0.1) is 0 Å². The predicted molar refractivity (Wildman–Crippen MR) is 59.6 cm³/mol. The van der Waals surface area contributed by atoms with Crippen LogP contribution >= 0.6 is 15.9 Å². The number of ether oxygens (including phenoxy) is 1. The molecule has 0 atom stereocenters. The third-order valence-electron chi connectivity index (χ3n) is 1.82. The quantitative estimate of drug-likeness (QED) is 0.863. The minimum Gasteiger partial charge on any atom is -0.483 e. The van der Waals surface area contributed by atoms with Crippen LogP contribution in [0.4, 0.5) is 0 Å². The van der Waals surface area contributed by atoms with Gasteiger partial charge in [0.25, 0.3) is 5.91 Å². The van der Waals surface area contributed by atoms with Gasteiger partial charge in [0.05, 0.1) is 11.1 Å². The van der Waals surface area contributed by atoms with Crippen LogP contribution in [0.5, 0.6) is 5.75 Å². The second-order valence-corrected chi connectivity index (χ2v) is 3.74. The number of benzene rings is 1. The van der Waals surface area contributed by atoms with Crippen molar-refractivity contribution in [3.8, 4) is 5.75 Å². The lowest BCUT2D eigenvalue weighted by Crippen LogP contribution is -2.24. The smallest absolute Gasteiger partial charge is 0.257 e. The van der Waals surface area contributed by atoms with Crippen molar-refractivity contribution in [2.24, 2.45) is 0 Å². The molecule has 0 aromatic heterocycles. The monoisotopic (exact) mass is 273 g/mol. The lowest BCUT2D eigenvalue weighted by molar-refractivity contribution is -0.122. The molecule has 1 rings (SSSR count). The average Bonchev–Trinajstić information content (AvgIpc) is 2.26. The van der Waals surface area contributed by atoms with Crippen LogP contribution in [0.3, 0.4) is 0 Å². The SMILES string of the molecule is CNC(=O)COc1ccc(CO)cc1Br. The fourth-order valence-corrected chi connectivity index (χ4v) is 1.52. The van der Waals surface area contributed by atoms with E-state index in [1.807, 2.05) is 0 Å². The molecule has 1 aromatic carbocycles. The number of halogens is 1. The van der Waals surface area contributed by atoms with Gasteiger partial charge in [0, 0.05) is 7.05 Å². The molecule has 1 aromatic rings. The maximum atomic E-state index is 10.9. The van der Waals surface area contributed by atoms with Crippen molar-refractivity contribution in [3.63, 3.8) is 0 Å². The lowest BCUT2D eigenvalue weighted by Gasteiger charge is -2.08. The van der Waals surface area contributed by atoms with E-state index >= 15 is 0 Å². The van der Waals surface area contributed by atoms with Crippen molar-refractivity contribution in [2.75, 3.05) is 13.7 Å². The van der Waals surface area contributed by atoms with E-state index in [2.05, 4.69) is 21.2 Å². The van der Waals surface area contributed by atoms with Gasteiger partial charge in [0.15, 0.2) is 6.61 Å². The normalized spacial score (nSPS) is 9.80. The van der Waals surface area contributed by atoms with E-state index in [0.717, 1.165) is 10.0 Å². The van der Waals surface area contributed by atoms with E-state index in [9.17, 15) is 4.79 Å². The minimum atomic E-state index is -0.187. The number of aliphatic hydroxyl groups is 1. The number of carbonyl (C=O) groups excluding carboxylic acids is 1. The molecule has 0 fully saturated rings. The third kappa shape index (κ3) is 3.53. The van der Waals surface area contributed by atoms with E-state index in [1.165, 1.54) is 0 Å². The highest BCUT2D eigenvalue weighted by Crippen LogP contribution is 2.25. The van der Waals surface area contributed by atoms with Crippen LogP contribution < -0.4 is 10.1 Å². The molecule has 1 amide bonds. The van der Waals surface area contributed by atoms with Gasteiger partial charge in [-0.25, -0.2) is 0 Å². The van der Waals surface area contributed by atoms with Crippen molar-refractivity contribution in [2.45, 2.75) is 6.61 Å². The third-order valence-corrected chi connectivity index (χ3v) is 2.44. The summed E-state index contributed by atoms with van der Waals surface area (Å²) in [7, 11) is 1.55. The maximum Gasteiger partial charge on any atom is 0.257 e. The number of hydrogen-bond acceptors (Lipinski definition) is 3. The Bertz CT molecular complexity index is 355. The molecule has 0 saturated carbocycles.